The highest BCUT2D eigenvalue weighted by molar-refractivity contribution is 6.30. The largest absolute Gasteiger partial charge is 0.436 e. The normalized spacial score (nSPS) is 11.2. The van der Waals surface area contributed by atoms with Gasteiger partial charge in [-0.15, -0.1) is 0 Å². The Bertz CT molecular complexity index is 1180. The fraction of sp³-hybridized carbons (Fsp3) is 0. The lowest BCUT2D eigenvalue weighted by Crippen LogP contribution is -2.07. The van der Waals surface area contributed by atoms with E-state index in [-0.39, 0.29) is 11.7 Å². The Labute approximate surface area is 165 Å². The van der Waals surface area contributed by atoms with Crippen molar-refractivity contribution >= 4 is 40.4 Å². The Morgan fingerprint density at radius 1 is 1.07 bits per heavy atom. The lowest BCUT2D eigenvalue weighted by atomic mass is 10.2. The predicted octanol–water partition coefficient (Wildman–Crippen LogP) is 5.94. The number of aromatic nitrogens is 1. The molecule has 4 nitrogen and oxygen atoms in total. The number of hydrogen-bond donors (Lipinski definition) is 1. The minimum Gasteiger partial charge on any atom is -0.436 e. The molecule has 28 heavy (non-hydrogen) atoms. The summed E-state index contributed by atoms with van der Waals surface area (Å²) in [6, 6.07) is 18.3. The van der Waals surface area contributed by atoms with Gasteiger partial charge in [-0.3, -0.25) is 4.79 Å². The zero-order chi connectivity index (χ0) is 19.5. The van der Waals surface area contributed by atoms with E-state index in [1.807, 2.05) is 12.1 Å². The third-order valence-corrected chi connectivity index (χ3v) is 4.26. The number of carbonyl (C=O) groups is 1. The molecule has 138 valence electrons. The standard InChI is InChI=1S/C22H14ClFN2O2/c23-16-3-1-2-15(12-16)22-26-19-10-9-18(13-20(19)28-22)25-21(27)11-6-14-4-7-17(24)8-5-14/h1-13H,(H,25,27)/b11-6+. The summed E-state index contributed by atoms with van der Waals surface area (Å²) in [6.07, 6.45) is 2.99. The minimum atomic E-state index is -0.320. The van der Waals surface area contributed by atoms with Crippen molar-refractivity contribution in [3.05, 3.63) is 89.2 Å². The Hall–Kier alpha value is -3.44. The number of anilines is 1. The van der Waals surface area contributed by atoms with Gasteiger partial charge in [0.05, 0.1) is 0 Å². The first-order valence-corrected chi connectivity index (χ1v) is 8.86. The summed E-state index contributed by atoms with van der Waals surface area (Å²) in [5, 5.41) is 3.36. The molecule has 0 bridgehead atoms. The van der Waals surface area contributed by atoms with Gasteiger partial charge in [-0.2, -0.15) is 0 Å². The number of oxazole rings is 1. The number of halogens is 2. The smallest absolute Gasteiger partial charge is 0.248 e. The minimum absolute atomic E-state index is 0.307. The lowest BCUT2D eigenvalue weighted by Gasteiger charge is -2.01. The SMILES string of the molecule is O=C(/C=C/c1ccc(F)cc1)Nc1ccc2nc(-c3cccc(Cl)c3)oc2c1. The first-order chi connectivity index (χ1) is 13.6. The van der Waals surface area contributed by atoms with E-state index >= 15 is 0 Å². The summed E-state index contributed by atoms with van der Waals surface area (Å²) in [6.45, 7) is 0. The van der Waals surface area contributed by atoms with Crippen LogP contribution < -0.4 is 5.32 Å². The predicted molar refractivity (Wildman–Crippen MR) is 109 cm³/mol. The highest BCUT2D eigenvalue weighted by atomic mass is 35.5. The van der Waals surface area contributed by atoms with Gasteiger partial charge in [0.25, 0.3) is 0 Å². The Morgan fingerprint density at radius 2 is 1.89 bits per heavy atom. The molecule has 4 rings (SSSR count). The third kappa shape index (κ3) is 4.10. The fourth-order valence-electron chi connectivity index (χ4n) is 2.68. The molecule has 1 amide bonds. The van der Waals surface area contributed by atoms with Crippen LogP contribution in [-0.2, 0) is 4.79 Å². The maximum absolute atomic E-state index is 12.9. The molecule has 0 aliphatic rings. The number of fused-ring (bicyclic) bond motifs is 1. The number of carbonyl (C=O) groups excluding carboxylic acids is 1. The van der Waals surface area contributed by atoms with E-state index in [1.165, 1.54) is 18.2 Å². The van der Waals surface area contributed by atoms with Gasteiger partial charge in [0.1, 0.15) is 11.3 Å². The van der Waals surface area contributed by atoms with Gasteiger partial charge >= 0.3 is 0 Å². The topological polar surface area (TPSA) is 55.1 Å². The van der Waals surface area contributed by atoms with Gasteiger partial charge in [-0.1, -0.05) is 29.8 Å². The molecule has 1 aromatic heterocycles. The highest BCUT2D eigenvalue weighted by Crippen LogP contribution is 2.27. The Morgan fingerprint density at radius 3 is 2.68 bits per heavy atom. The number of nitrogens with one attached hydrogen (secondary N) is 1. The Kier molecular flexibility index (Phi) is 4.91. The molecule has 0 spiro atoms. The summed E-state index contributed by atoms with van der Waals surface area (Å²) in [5.74, 6) is -0.172. The van der Waals surface area contributed by atoms with Crippen molar-refractivity contribution in [2.75, 3.05) is 5.32 Å². The first kappa shape index (κ1) is 17.9. The van der Waals surface area contributed by atoms with Crippen molar-refractivity contribution in [3.8, 4) is 11.5 Å². The van der Waals surface area contributed by atoms with Gasteiger partial charge in [0.2, 0.25) is 11.8 Å². The van der Waals surface area contributed by atoms with Crippen LogP contribution in [-0.4, -0.2) is 10.9 Å². The van der Waals surface area contributed by atoms with Gasteiger partial charge in [0.15, 0.2) is 5.58 Å². The molecule has 0 unspecified atom stereocenters. The molecule has 1 N–H and O–H groups in total. The van der Waals surface area contributed by atoms with Crippen LogP contribution in [0, 0.1) is 5.82 Å². The van der Waals surface area contributed by atoms with E-state index in [0.717, 1.165) is 11.1 Å². The number of amides is 1. The van der Waals surface area contributed by atoms with Crippen LogP contribution in [0.3, 0.4) is 0 Å². The molecule has 0 atom stereocenters. The van der Waals surface area contributed by atoms with Crippen LogP contribution >= 0.6 is 11.6 Å². The second kappa shape index (κ2) is 7.66. The van der Waals surface area contributed by atoms with Crippen molar-refractivity contribution in [1.29, 1.82) is 0 Å². The van der Waals surface area contributed by atoms with Crippen LogP contribution in [0.2, 0.25) is 5.02 Å². The van der Waals surface area contributed by atoms with Crippen molar-refractivity contribution in [1.82, 2.24) is 4.98 Å². The van der Waals surface area contributed by atoms with Crippen LogP contribution in [0.25, 0.3) is 28.6 Å². The second-order valence-electron chi connectivity index (χ2n) is 6.09. The monoisotopic (exact) mass is 392 g/mol. The van der Waals surface area contributed by atoms with Gasteiger partial charge in [-0.05, 0) is 54.1 Å². The van der Waals surface area contributed by atoms with Crippen LogP contribution in [0.15, 0.2) is 77.2 Å². The number of nitrogens with zero attached hydrogens (tertiary/aromatic N) is 1. The van der Waals surface area contributed by atoms with Crippen molar-refractivity contribution < 1.29 is 13.6 Å². The molecule has 0 saturated heterocycles. The molecule has 0 aliphatic carbocycles. The molecule has 0 saturated carbocycles. The van der Waals surface area contributed by atoms with Gasteiger partial charge in [-0.25, -0.2) is 9.37 Å². The maximum atomic E-state index is 12.9. The average molecular weight is 393 g/mol. The molecule has 1 heterocycles. The molecule has 4 aromatic rings. The number of benzene rings is 3. The fourth-order valence-corrected chi connectivity index (χ4v) is 2.87. The molecule has 0 aliphatic heterocycles. The summed E-state index contributed by atoms with van der Waals surface area (Å²) < 4.78 is 18.7. The van der Waals surface area contributed by atoms with E-state index in [2.05, 4.69) is 10.3 Å². The molecule has 0 radical (unpaired) electrons. The van der Waals surface area contributed by atoms with Crippen molar-refractivity contribution in [3.63, 3.8) is 0 Å². The molecule has 6 heteroatoms. The lowest BCUT2D eigenvalue weighted by molar-refractivity contribution is -0.111. The van der Waals surface area contributed by atoms with E-state index < -0.39 is 0 Å². The highest BCUT2D eigenvalue weighted by Gasteiger charge is 2.10. The van der Waals surface area contributed by atoms with Crippen LogP contribution in [0.4, 0.5) is 10.1 Å². The molecule has 3 aromatic carbocycles. The van der Waals surface area contributed by atoms with Crippen molar-refractivity contribution in [2.24, 2.45) is 0 Å². The molecule has 0 fully saturated rings. The average Bonchev–Trinajstić information content (AvgIpc) is 3.11. The van der Waals surface area contributed by atoms with E-state index in [4.69, 9.17) is 16.0 Å². The quantitative estimate of drug-likeness (QED) is 0.437. The Balaban J connectivity index is 1.51. The summed E-state index contributed by atoms with van der Waals surface area (Å²) in [4.78, 5) is 16.6. The van der Waals surface area contributed by atoms with Crippen molar-refractivity contribution in [2.45, 2.75) is 0 Å². The van der Waals surface area contributed by atoms with Crippen LogP contribution in [0.5, 0.6) is 0 Å². The first-order valence-electron chi connectivity index (χ1n) is 8.48. The third-order valence-electron chi connectivity index (χ3n) is 4.02. The molecular weight excluding hydrogens is 379 g/mol. The van der Waals surface area contributed by atoms with E-state index in [0.29, 0.717) is 27.7 Å². The van der Waals surface area contributed by atoms with Gasteiger partial charge < -0.3 is 9.73 Å². The summed E-state index contributed by atoms with van der Waals surface area (Å²) in [7, 11) is 0. The maximum Gasteiger partial charge on any atom is 0.248 e. The summed E-state index contributed by atoms with van der Waals surface area (Å²) in [5.41, 5.74) is 3.31. The second-order valence-corrected chi connectivity index (χ2v) is 6.52. The van der Waals surface area contributed by atoms with E-state index in [1.54, 1.807) is 48.5 Å². The molecular formula is C22H14ClFN2O2. The number of rotatable bonds is 4. The zero-order valence-corrected chi connectivity index (χ0v) is 15.3. The zero-order valence-electron chi connectivity index (χ0n) is 14.5. The van der Waals surface area contributed by atoms with Gasteiger partial charge in [0, 0.05) is 28.4 Å². The summed E-state index contributed by atoms with van der Waals surface area (Å²) >= 11 is 6.02. The van der Waals surface area contributed by atoms with E-state index in [9.17, 15) is 9.18 Å². The number of hydrogen-bond acceptors (Lipinski definition) is 3. The van der Waals surface area contributed by atoms with Crippen LogP contribution in [0.1, 0.15) is 5.56 Å².